The van der Waals surface area contributed by atoms with Crippen molar-refractivity contribution < 1.29 is 27.9 Å². The molecule has 1 amide bonds. The molecule has 1 rings (SSSR count). The third-order valence-electron chi connectivity index (χ3n) is 2.12. The molecule has 0 bridgehead atoms. The summed E-state index contributed by atoms with van der Waals surface area (Å²) < 4.78 is 18.8. The summed E-state index contributed by atoms with van der Waals surface area (Å²) in [5.41, 5.74) is 0.276. The van der Waals surface area contributed by atoms with E-state index in [-0.39, 0.29) is 36.9 Å². The molecule has 0 radical (unpaired) electrons. The molecule has 0 saturated carbocycles. The monoisotopic (exact) mass is 285 g/mol. The highest BCUT2D eigenvalue weighted by atomic mass is 16.6. The SMILES string of the molecule is C=C(C)C(=O)OCCNC(=O)OCc1oc(=O)oc1C. The zero-order valence-corrected chi connectivity index (χ0v) is 11.2. The first-order chi connectivity index (χ1) is 9.40. The number of ether oxygens (including phenoxy) is 2. The van der Waals surface area contributed by atoms with Crippen LogP contribution in [0.2, 0.25) is 0 Å². The third-order valence-corrected chi connectivity index (χ3v) is 2.12. The summed E-state index contributed by atoms with van der Waals surface area (Å²) in [6.45, 7) is 6.30. The van der Waals surface area contributed by atoms with Crippen LogP contribution < -0.4 is 11.1 Å². The number of carbonyl (C=O) groups is 2. The van der Waals surface area contributed by atoms with Crippen LogP contribution >= 0.6 is 0 Å². The van der Waals surface area contributed by atoms with Gasteiger partial charge in [0.2, 0.25) is 0 Å². The standard InChI is InChI=1S/C12H15NO7/c1-7(2)10(14)17-5-4-13-11(15)18-6-9-8(3)19-12(16)20-9/h1,4-6H2,2-3H3,(H,13,15). The molecule has 110 valence electrons. The van der Waals surface area contributed by atoms with E-state index in [1.165, 1.54) is 13.8 Å². The molecule has 1 heterocycles. The van der Waals surface area contributed by atoms with Crippen LogP contribution in [0.4, 0.5) is 4.79 Å². The van der Waals surface area contributed by atoms with Crippen LogP contribution in [0, 0.1) is 6.92 Å². The fraction of sp³-hybridized carbons (Fsp3) is 0.417. The summed E-state index contributed by atoms with van der Waals surface area (Å²) in [5.74, 6) is -0.999. The van der Waals surface area contributed by atoms with Crippen molar-refractivity contribution in [2.45, 2.75) is 20.5 Å². The van der Waals surface area contributed by atoms with Crippen molar-refractivity contribution >= 4 is 12.1 Å². The first-order valence-corrected chi connectivity index (χ1v) is 5.73. The molecule has 0 fully saturated rings. The molecule has 0 unspecified atom stereocenters. The number of hydrogen-bond donors (Lipinski definition) is 1. The molecule has 1 aromatic heterocycles. The van der Waals surface area contributed by atoms with Gasteiger partial charge in [0, 0.05) is 5.57 Å². The van der Waals surface area contributed by atoms with Gasteiger partial charge < -0.3 is 23.6 Å². The molecule has 1 N–H and O–H groups in total. The molecule has 8 nitrogen and oxygen atoms in total. The molecule has 0 aliphatic carbocycles. The molecule has 20 heavy (non-hydrogen) atoms. The van der Waals surface area contributed by atoms with E-state index in [1.54, 1.807) is 0 Å². The van der Waals surface area contributed by atoms with Crippen molar-refractivity contribution in [3.8, 4) is 0 Å². The van der Waals surface area contributed by atoms with E-state index in [0.717, 1.165) is 0 Å². The van der Waals surface area contributed by atoms with Crippen molar-refractivity contribution in [3.05, 3.63) is 34.3 Å². The molecule has 1 aromatic rings. The Morgan fingerprint density at radius 2 is 2.00 bits per heavy atom. The number of nitrogens with one attached hydrogen (secondary N) is 1. The van der Waals surface area contributed by atoms with Crippen LogP contribution in [0.25, 0.3) is 0 Å². The summed E-state index contributed by atoms with van der Waals surface area (Å²) in [6.07, 6.45) is -0.736. The quantitative estimate of drug-likeness (QED) is 0.469. The van der Waals surface area contributed by atoms with Gasteiger partial charge in [-0.3, -0.25) is 0 Å². The number of aryl methyl sites for hydroxylation is 1. The Kier molecular flexibility index (Phi) is 5.57. The Hall–Kier alpha value is -2.51. The van der Waals surface area contributed by atoms with Gasteiger partial charge in [0.15, 0.2) is 18.1 Å². The number of carbonyl (C=O) groups excluding carboxylic acids is 2. The van der Waals surface area contributed by atoms with E-state index in [1.807, 2.05) is 0 Å². The third kappa shape index (κ3) is 5.01. The van der Waals surface area contributed by atoms with E-state index in [0.29, 0.717) is 0 Å². The smallest absolute Gasteiger partial charge is 0.460 e. The predicted molar refractivity (Wildman–Crippen MR) is 65.9 cm³/mol. The van der Waals surface area contributed by atoms with Gasteiger partial charge in [-0.2, -0.15) is 0 Å². The summed E-state index contributed by atoms with van der Waals surface area (Å²) >= 11 is 0. The molecule has 0 atom stereocenters. The molecular formula is C12H15NO7. The molecular weight excluding hydrogens is 270 g/mol. The lowest BCUT2D eigenvalue weighted by molar-refractivity contribution is -0.138. The van der Waals surface area contributed by atoms with Gasteiger partial charge in [-0.1, -0.05) is 6.58 Å². The van der Waals surface area contributed by atoms with Crippen molar-refractivity contribution in [1.82, 2.24) is 5.32 Å². The maximum atomic E-state index is 11.3. The molecule has 0 aliphatic heterocycles. The van der Waals surface area contributed by atoms with Gasteiger partial charge in [-0.15, -0.1) is 0 Å². The lowest BCUT2D eigenvalue weighted by atomic mass is 10.4. The number of alkyl carbamates (subject to hydrolysis) is 1. The molecule has 0 spiro atoms. The van der Waals surface area contributed by atoms with Crippen molar-refractivity contribution in [2.75, 3.05) is 13.2 Å². The molecule has 0 saturated heterocycles. The zero-order valence-electron chi connectivity index (χ0n) is 11.2. The largest absolute Gasteiger partial charge is 0.519 e. The minimum Gasteiger partial charge on any atom is -0.460 e. The lowest BCUT2D eigenvalue weighted by Crippen LogP contribution is -2.28. The van der Waals surface area contributed by atoms with E-state index < -0.39 is 17.9 Å². The first kappa shape index (κ1) is 15.5. The zero-order chi connectivity index (χ0) is 15.1. The Bertz CT molecular complexity index is 554. The average molecular weight is 285 g/mol. The second kappa shape index (κ2) is 7.17. The summed E-state index contributed by atoms with van der Waals surface area (Å²) in [4.78, 5) is 33.0. The van der Waals surface area contributed by atoms with E-state index in [4.69, 9.17) is 9.47 Å². The topological polar surface area (TPSA) is 108 Å². The van der Waals surface area contributed by atoms with Crippen molar-refractivity contribution in [3.63, 3.8) is 0 Å². The van der Waals surface area contributed by atoms with Crippen LogP contribution in [0.5, 0.6) is 0 Å². The van der Waals surface area contributed by atoms with Crippen LogP contribution in [-0.2, 0) is 20.9 Å². The molecule has 0 aromatic carbocycles. The van der Waals surface area contributed by atoms with E-state index in [2.05, 4.69) is 20.7 Å². The number of esters is 1. The summed E-state index contributed by atoms with van der Waals surface area (Å²) in [6, 6.07) is 0. The van der Waals surface area contributed by atoms with Gasteiger partial charge in [0.05, 0.1) is 6.54 Å². The minimum atomic E-state index is -0.854. The molecule has 8 heteroatoms. The van der Waals surface area contributed by atoms with Crippen LogP contribution in [0.3, 0.4) is 0 Å². The minimum absolute atomic E-state index is 0.000610. The van der Waals surface area contributed by atoms with Crippen molar-refractivity contribution in [1.29, 1.82) is 0 Å². The van der Waals surface area contributed by atoms with Gasteiger partial charge in [-0.05, 0) is 13.8 Å². The highest BCUT2D eigenvalue weighted by Crippen LogP contribution is 2.06. The van der Waals surface area contributed by atoms with Crippen molar-refractivity contribution in [2.24, 2.45) is 0 Å². The van der Waals surface area contributed by atoms with Gasteiger partial charge in [0.25, 0.3) is 0 Å². The Labute approximate surface area is 114 Å². The number of amides is 1. The highest BCUT2D eigenvalue weighted by molar-refractivity contribution is 5.86. The van der Waals surface area contributed by atoms with Crippen LogP contribution in [0.15, 0.2) is 25.8 Å². The van der Waals surface area contributed by atoms with Gasteiger partial charge >= 0.3 is 17.9 Å². The Morgan fingerprint density at radius 3 is 2.55 bits per heavy atom. The summed E-state index contributed by atoms with van der Waals surface area (Å²) in [7, 11) is 0. The average Bonchev–Trinajstić information content (AvgIpc) is 2.70. The summed E-state index contributed by atoms with van der Waals surface area (Å²) in [5, 5.41) is 2.36. The maximum Gasteiger partial charge on any atom is 0.519 e. The second-order valence-electron chi connectivity index (χ2n) is 3.85. The van der Waals surface area contributed by atoms with Crippen LogP contribution in [0.1, 0.15) is 18.4 Å². The second-order valence-corrected chi connectivity index (χ2v) is 3.85. The van der Waals surface area contributed by atoms with E-state index in [9.17, 15) is 14.4 Å². The van der Waals surface area contributed by atoms with Crippen LogP contribution in [-0.4, -0.2) is 25.2 Å². The lowest BCUT2D eigenvalue weighted by Gasteiger charge is -2.06. The normalized spacial score (nSPS) is 9.90. The first-order valence-electron chi connectivity index (χ1n) is 5.73. The fourth-order valence-corrected chi connectivity index (χ4v) is 1.11. The Balaban J connectivity index is 2.21. The molecule has 0 aliphatic rings. The predicted octanol–water partition coefficient (Wildman–Crippen LogP) is 0.887. The number of hydrogen-bond acceptors (Lipinski definition) is 7. The number of rotatable bonds is 6. The maximum absolute atomic E-state index is 11.3. The van der Waals surface area contributed by atoms with E-state index >= 15 is 0 Å². The highest BCUT2D eigenvalue weighted by Gasteiger charge is 2.11. The van der Waals surface area contributed by atoms with Gasteiger partial charge in [-0.25, -0.2) is 14.4 Å². The Morgan fingerprint density at radius 1 is 1.30 bits per heavy atom. The fourth-order valence-electron chi connectivity index (χ4n) is 1.11. The van der Waals surface area contributed by atoms with Gasteiger partial charge in [0.1, 0.15) is 6.61 Å².